The van der Waals surface area contributed by atoms with Gasteiger partial charge in [-0.2, -0.15) is 18.2 Å². The molecule has 2 aliphatic rings. The van der Waals surface area contributed by atoms with E-state index < -0.39 is 33.6 Å². The minimum Gasteiger partial charge on any atom is -0.339 e. The number of alkyl halides is 3. The molecule has 0 saturated carbocycles. The second kappa shape index (κ2) is 8.58. The van der Waals surface area contributed by atoms with E-state index in [1.54, 1.807) is 9.80 Å². The van der Waals surface area contributed by atoms with E-state index in [9.17, 15) is 30.8 Å². The molecule has 0 unspecified atom stereocenters. The molecule has 1 amide bonds. The van der Waals surface area contributed by atoms with E-state index in [1.165, 1.54) is 12.1 Å². The summed E-state index contributed by atoms with van der Waals surface area (Å²) in [5, 5.41) is 3.40. The number of aromatic nitrogens is 2. The van der Waals surface area contributed by atoms with Crippen LogP contribution in [0.5, 0.6) is 0 Å². The lowest BCUT2D eigenvalue weighted by molar-refractivity contribution is -0.159. The van der Waals surface area contributed by atoms with Gasteiger partial charge < -0.3 is 14.3 Å². The van der Waals surface area contributed by atoms with Crippen LogP contribution in [0.25, 0.3) is 0 Å². The van der Waals surface area contributed by atoms with Crippen molar-refractivity contribution in [2.24, 2.45) is 5.92 Å². The van der Waals surface area contributed by atoms with E-state index in [-0.39, 0.29) is 34.8 Å². The molecule has 1 atom stereocenters. The molecular weight excluding hydrogens is 468 g/mol. The van der Waals surface area contributed by atoms with Gasteiger partial charge in [-0.3, -0.25) is 4.79 Å². The van der Waals surface area contributed by atoms with Gasteiger partial charge >= 0.3 is 12.1 Å². The number of anilines is 1. The highest BCUT2D eigenvalue weighted by Gasteiger charge is 2.40. The van der Waals surface area contributed by atoms with Crippen molar-refractivity contribution < 1.29 is 35.3 Å². The van der Waals surface area contributed by atoms with E-state index in [0.717, 1.165) is 12.3 Å². The summed E-state index contributed by atoms with van der Waals surface area (Å²) in [6, 6.07) is 3.63. The number of benzene rings is 1. The number of halogens is 4. The molecular formula is C20H22F4N4O4S. The molecule has 2 saturated heterocycles. The number of amides is 1. The third kappa shape index (κ3) is 4.97. The van der Waals surface area contributed by atoms with E-state index in [4.69, 9.17) is 0 Å². The monoisotopic (exact) mass is 490 g/mol. The van der Waals surface area contributed by atoms with Crippen LogP contribution >= 0.6 is 0 Å². The van der Waals surface area contributed by atoms with Gasteiger partial charge in [0.15, 0.2) is 9.84 Å². The molecule has 2 fully saturated rings. The molecule has 180 valence electrons. The van der Waals surface area contributed by atoms with Gasteiger partial charge in [-0.1, -0.05) is 6.07 Å². The van der Waals surface area contributed by atoms with Crippen molar-refractivity contribution in [3.05, 3.63) is 35.5 Å². The maximum atomic E-state index is 14.4. The van der Waals surface area contributed by atoms with Gasteiger partial charge in [-0.15, -0.1) is 0 Å². The van der Waals surface area contributed by atoms with Crippen LogP contribution in [0.2, 0.25) is 0 Å². The van der Waals surface area contributed by atoms with Crippen molar-refractivity contribution >= 4 is 21.7 Å². The Bertz CT molecular complexity index is 1140. The zero-order valence-electron chi connectivity index (χ0n) is 17.7. The standard InChI is InChI=1S/C20H22F4N4O4S/c1-33(30,31)15-3-2-12(16(21)11-15)10-13-4-9-28(17(13)29)14-5-7-27(8-6-14)19-25-18(32-26-19)20(22,23)24/h2-3,11,13-14H,4-10H2,1H3/t13-/m1/s1. The van der Waals surface area contributed by atoms with E-state index in [1.807, 2.05) is 0 Å². The Labute approximate surface area is 187 Å². The largest absolute Gasteiger partial charge is 0.471 e. The molecule has 4 rings (SSSR count). The van der Waals surface area contributed by atoms with E-state index in [0.29, 0.717) is 38.9 Å². The van der Waals surface area contributed by atoms with Crippen LogP contribution in [-0.4, -0.2) is 61.3 Å². The number of hydrogen-bond donors (Lipinski definition) is 0. The van der Waals surface area contributed by atoms with E-state index in [2.05, 4.69) is 14.7 Å². The van der Waals surface area contributed by atoms with Crippen LogP contribution in [0.4, 0.5) is 23.5 Å². The highest BCUT2D eigenvalue weighted by atomic mass is 32.2. The molecule has 1 aromatic carbocycles. The lowest BCUT2D eigenvalue weighted by Gasteiger charge is -2.36. The third-order valence-corrected chi connectivity index (χ3v) is 7.23. The third-order valence-electron chi connectivity index (χ3n) is 6.12. The first-order valence-electron chi connectivity index (χ1n) is 10.4. The molecule has 1 aromatic heterocycles. The maximum absolute atomic E-state index is 14.4. The number of carbonyl (C=O) groups excluding carboxylic acids is 1. The molecule has 0 bridgehead atoms. The Balaban J connectivity index is 1.35. The Kier molecular flexibility index (Phi) is 6.10. The molecule has 33 heavy (non-hydrogen) atoms. The summed E-state index contributed by atoms with van der Waals surface area (Å²) >= 11 is 0. The molecule has 0 aliphatic carbocycles. The van der Waals surface area contributed by atoms with Gasteiger partial charge in [-0.05, 0) is 48.5 Å². The lowest BCUT2D eigenvalue weighted by Crippen LogP contribution is -2.46. The Hall–Kier alpha value is -2.70. The topological polar surface area (TPSA) is 96.6 Å². The van der Waals surface area contributed by atoms with Gasteiger partial charge in [0.05, 0.1) is 4.90 Å². The number of nitrogens with zero attached hydrogens (tertiary/aromatic N) is 4. The summed E-state index contributed by atoms with van der Waals surface area (Å²) in [6.45, 7) is 1.26. The number of piperidine rings is 1. The lowest BCUT2D eigenvalue weighted by atomic mass is 9.97. The first kappa shape index (κ1) is 23.5. The second-order valence-electron chi connectivity index (χ2n) is 8.36. The summed E-state index contributed by atoms with van der Waals surface area (Å²) < 4.78 is 79.8. The molecule has 2 aliphatic heterocycles. The predicted molar refractivity (Wildman–Crippen MR) is 108 cm³/mol. The average molecular weight is 490 g/mol. The summed E-state index contributed by atoms with van der Waals surface area (Å²) in [5.41, 5.74) is 0.287. The summed E-state index contributed by atoms with van der Waals surface area (Å²) in [4.78, 5) is 19.6. The average Bonchev–Trinajstić information content (AvgIpc) is 3.37. The van der Waals surface area contributed by atoms with Crippen LogP contribution in [-0.2, 0) is 27.2 Å². The fourth-order valence-electron chi connectivity index (χ4n) is 4.34. The molecule has 8 nitrogen and oxygen atoms in total. The quantitative estimate of drug-likeness (QED) is 0.595. The molecule has 2 aromatic rings. The van der Waals surface area contributed by atoms with Crippen LogP contribution in [0.15, 0.2) is 27.6 Å². The Morgan fingerprint density at radius 3 is 2.42 bits per heavy atom. The molecule has 0 N–H and O–H groups in total. The van der Waals surface area contributed by atoms with Gasteiger partial charge in [0, 0.05) is 37.8 Å². The number of hydrogen-bond acceptors (Lipinski definition) is 7. The van der Waals surface area contributed by atoms with Crippen molar-refractivity contribution in [1.82, 2.24) is 15.0 Å². The predicted octanol–water partition coefficient (Wildman–Crippen LogP) is 2.69. The van der Waals surface area contributed by atoms with Gasteiger partial charge in [0.2, 0.25) is 5.91 Å². The minimum atomic E-state index is -4.70. The van der Waals surface area contributed by atoms with Crippen molar-refractivity contribution in [2.75, 3.05) is 30.8 Å². The summed E-state index contributed by atoms with van der Waals surface area (Å²) in [5.74, 6) is -2.68. The highest BCUT2D eigenvalue weighted by molar-refractivity contribution is 7.90. The fraction of sp³-hybridized carbons (Fsp3) is 0.550. The second-order valence-corrected chi connectivity index (χ2v) is 10.4. The number of carbonyl (C=O) groups is 1. The zero-order valence-corrected chi connectivity index (χ0v) is 18.5. The molecule has 3 heterocycles. The first-order valence-corrected chi connectivity index (χ1v) is 12.3. The van der Waals surface area contributed by atoms with Crippen molar-refractivity contribution in [1.29, 1.82) is 0 Å². The molecule has 0 spiro atoms. The van der Waals surface area contributed by atoms with E-state index >= 15 is 0 Å². The van der Waals surface area contributed by atoms with Crippen LogP contribution in [0.1, 0.15) is 30.7 Å². The Morgan fingerprint density at radius 1 is 1.15 bits per heavy atom. The van der Waals surface area contributed by atoms with Gasteiger partial charge in [0.1, 0.15) is 5.82 Å². The first-order chi connectivity index (χ1) is 15.4. The van der Waals surface area contributed by atoms with Gasteiger partial charge in [-0.25, -0.2) is 12.8 Å². The number of sulfone groups is 1. The van der Waals surface area contributed by atoms with Crippen molar-refractivity contribution in [2.45, 2.75) is 42.8 Å². The van der Waals surface area contributed by atoms with Crippen LogP contribution in [0, 0.1) is 11.7 Å². The van der Waals surface area contributed by atoms with Crippen molar-refractivity contribution in [3.8, 4) is 0 Å². The normalized spacial score (nSPS) is 20.6. The van der Waals surface area contributed by atoms with Crippen LogP contribution in [0.3, 0.4) is 0 Å². The molecule has 13 heteroatoms. The van der Waals surface area contributed by atoms with Gasteiger partial charge in [0.25, 0.3) is 5.95 Å². The summed E-state index contributed by atoms with van der Waals surface area (Å²) in [6.07, 6.45) is -1.92. The fourth-order valence-corrected chi connectivity index (χ4v) is 4.97. The Morgan fingerprint density at radius 2 is 1.85 bits per heavy atom. The molecule has 0 radical (unpaired) electrons. The van der Waals surface area contributed by atoms with Crippen LogP contribution < -0.4 is 4.90 Å². The zero-order chi connectivity index (χ0) is 24.0. The number of likely N-dealkylation sites (tertiary alicyclic amines) is 1. The smallest absolute Gasteiger partial charge is 0.339 e. The minimum absolute atomic E-state index is 0.0785. The SMILES string of the molecule is CS(=O)(=O)c1ccc(C[C@H]2CCN(C3CCN(c4noc(C(F)(F)F)n4)CC3)C2=O)c(F)c1. The summed E-state index contributed by atoms with van der Waals surface area (Å²) in [7, 11) is -3.52. The maximum Gasteiger partial charge on any atom is 0.471 e. The van der Waals surface area contributed by atoms with Crippen molar-refractivity contribution in [3.63, 3.8) is 0 Å². The highest BCUT2D eigenvalue weighted by Crippen LogP contribution is 2.32. The number of rotatable bonds is 5.